The lowest BCUT2D eigenvalue weighted by Gasteiger charge is -2.27. The number of pyridine rings is 1. The molecule has 1 fully saturated rings. The zero-order valence-corrected chi connectivity index (χ0v) is 11.7. The van der Waals surface area contributed by atoms with Crippen molar-refractivity contribution in [2.75, 3.05) is 0 Å². The number of fused-ring (bicyclic) bond motifs is 2. The highest BCUT2D eigenvalue weighted by molar-refractivity contribution is 5.97. The monoisotopic (exact) mass is 275 g/mol. The second kappa shape index (κ2) is 4.96. The first-order valence-electron chi connectivity index (χ1n) is 7.53. The standard InChI is InChI=1S/C19H17NO/c21-19(16-8-4-5-11-20-16)18-15-10-9-14(12-15)17(18)13-6-2-1-3-7-13/h1-11,14-15,17-18H,12H2/t14-,15+,17+,18+/m0/s1. The number of Topliss-reactive ketones (excluding diaryl/α,β-unsaturated/α-hetero) is 1. The molecule has 2 aliphatic rings. The molecule has 0 saturated heterocycles. The molecule has 2 nitrogen and oxygen atoms in total. The van der Waals surface area contributed by atoms with Gasteiger partial charge >= 0.3 is 0 Å². The maximum Gasteiger partial charge on any atom is 0.185 e. The van der Waals surface area contributed by atoms with Crippen molar-refractivity contribution in [1.82, 2.24) is 4.98 Å². The molecule has 2 bridgehead atoms. The third-order valence-corrected chi connectivity index (χ3v) is 4.86. The first-order valence-corrected chi connectivity index (χ1v) is 7.53. The van der Waals surface area contributed by atoms with Crippen molar-refractivity contribution in [3.63, 3.8) is 0 Å². The third-order valence-electron chi connectivity index (χ3n) is 4.86. The maximum atomic E-state index is 12.9. The van der Waals surface area contributed by atoms with E-state index < -0.39 is 0 Å². The maximum absolute atomic E-state index is 12.9. The van der Waals surface area contributed by atoms with Gasteiger partial charge in [-0.05, 0) is 36.0 Å². The zero-order valence-electron chi connectivity index (χ0n) is 11.7. The summed E-state index contributed by atoms with van der Waals surface area (Å²) in [6.07, 6.45) is 7.33. The molecule has 104 valence electrons. The van der Waals surface area contributed by atoms with Gasteiger partial charge in [0.1, 0.15) is 5.69 Å². The van der Waals surface area contributed by atoms with Crippen LogP contribution in [-0.2, 0) is 0 Å². The highest BCUT2D eigenvalue weighted by atomic mass is 16.1. The number of rotatable bonds is 3. The van der Waals surface area contributed by atoms with Crippen LogP contribution in [0.5, 0.6) is 0 Å². The van der Waals surface area contributed by atoms with Crippen LogP contribution in [0.15, 0.2) is 66.9 Å². The Morgan fingerprint density at radius 2 is 1.71 bits per heavy atom. The van der Waals surface area contributed by atoms with E-state index in [9.17, 15) is 4.79 Å². The SMILES string of the molecule is O=C(c1ccccn1)[C@H]1[C@H](c2ccccc2)[C@H]2C=C[C@@H]1C2. The van der Waals surface area contributed by atoms with Crippen molar-refractivity contribution < 1.29 is 4.79 Å². The molecule has 0 aliphatic heterocycles. The Hall–Kier alpha value is -2.22. The Kier molecular flexibility index (Phi) is 2.95. The molecule has 0 N–H and O–H groups in total. The van der Waals surface area contributed by atoms with Crippen LogP contribution in [0.3, 0.4) is 0 Å². The van der Waals surface area contributed by atoms with Crippen LogP contribution in [0.25, 0.3) is 0 Å². The van der Waals surface area contributed by atoms with Crippen LogP contribution in [0.4, 0.5) is 0 Å². The van der Waals surface area contributed by atoms with Crippen molar-refractivity contribution in [1.29, 1.82) is 0 Å². The number of hydrogen-bond acceptors (Lipinski definition) is 2. The number of carbonyl (C=O) groups excluding carboxylic acids is 1. The van der Waals surface area contributed by atoms with Crippen molar-refractivity contribution >= 4 is 5.78 Å². The summed E-state index contributed by atoms with van der Waals surface area (Å²) in [4.78, 5) is 17.2. The Bertz CT molecular complexity index is 677. The van der Waals surface area contributed by atoms with Crippen LogP contribution in [0.1, 0.15) is 28.4 Å². The molecular formula is C19H17NO. The van der Waals surface area contributed by atoms with Crippen molar-refractivity contribution in [3.8, 4) is 0 Å². The minimum Gasteiger partial charge on any atom is -0.292 e. The van der Waals surface area contributed by atoms with Crippen molar-refractivity contribution in [2.45, 2.75) is 12.3 Å². The molecule has 0 spiro atoms. The van der Waals surface area contributed by atoms with Crippen LogP contribution >= 0.6 is 0 Å². The van der Waals surface area contributed by atoms with E-state index in [0.717, 1.165) is 6.42 Å². The number of aromatic nitrogens is 1. The summed E-state index contributed by atoms with van der Waals surface area (Å²) in [5, 5.41) is 0. The van der Waals surface area contributed by atoms with Crippen molar-refractivity contribution in [3.05, 3.63) is 78.1 Å². The van der Waals surface area contributed by atoms with Gasteiger partial charge in [0, 0.05) is 18.0 Å². The minimum atomic E-state index is 0.0392. The molecule has 0 radical (unpaired) electrons. The number of benzene rings is 1. The van der Waals surface area contributed by atoms with Gasteiger partial charge < -0.3 is 0 Å². The second-order valence-corrected chi connectivity index (χ2v) is 5.99. The fourth-order valence-corrected chi connectivity index (χ4v) is 3.99. The molecule has 2 aromatic rings. The van der Waals surface area contributed by atoms with Crippen molar-refractivity contribution in [2.24, 2.45) is 17.8 Å². The van der Waals surface area contributed by atoms with Gasteiger partial charge in [-0.1, -0.05) is 48.6 Å². The molecule has 1 saturated carbocycles. The molecule has 21 heavy (non-hydrogen) atoms. The lowest BCUT2D eigenvalue weighted by molar-refractivity contribution is 0.0881. The molecule has 4 atom stereocenters. The Morgan fingerprint density at radius 3 is 2.48 bits per heavy atom. The van der Waals surface area contributed by atoms with E-state index in [1.54, 1.807) is 6.20 Å². The number of ketones is 1. The Balaban J connectivity index is 1.73. The largest absolute Gasteiger partial charge is 0.292 e. The van der Waals surface area contributed by atoms with Gasteiger partial charge in [0.25, 0.3) is 0 Å². The van der Waals surface area contributed by atoms with Gasteiger partial charge in [-0.2, -0.15) is 0 Å². The summed E-state index contributed by atoms with van der Waals surface area (Å²) in [5.41, 5.74) is 1.88. The Labute approximate surface area is 124 Å². The molecule has 1 aromatic heterocycles. The molecule has 1 aromatic carbocycles. The first kappa shape index (κ1) is 12.5. The lowest BCUT2D eigenvalue weighted by atomic mass is 9.75. The predicted molar refractivity (Wildman–Crippen MR) is 82.0 cm³/mol. The number of nitrogens with zero attached hydrogens (tertiary/aromatic N) is 1. The molecule has 0 amide bonds. The van der Waals surface area contributed by atoms with E-state index in [0.29, 0.717) is 23.4 Å². The van der Waals surface area contributed by atoms with Crippen LogP contribution in [0.2, 0.25) is 0 Å². The van der Waals surface area contributed by atoms with Crippen LogP contribution < -0.4 is 0 Å². The number of allylic oxidation sites excluding steroid dienone is 2. The summed E-state index contributed by atoms with van der Waals surface area (Å²) in [6, 6.07) is 16.0. The smallest absolute Gasteiger partial charge is 0.185 e. The van der Waals surface area contributed by atoms with Crippen LogP contribution in [-0.4, -0.2) is 10.8 Å². The Morgan fingerprint density at radius 1 is 0.952 bits per heavy atom. The molecule has 2 aliphatic carbocycles. The molecule has 4 rings (SSSR count). The number of hydrogen-bond donors (Lipinski definition) is 0. The quantitative estimate of drug-likeness (QED) is 0.628. The summed E-state index contributed by atoms with van der Waals surface area (Å²) < 4.78 is 0. The van der Waals surface area contributed by atoms with Gasteiger partial charge in [0.05, 0.1) is 0 Å². The fourth-order valence-electron chi connectivity index (χ4n) is 3.99. The van der Waals surface area contributed by atoms with Gasteiger partial charge in [-0.15, -0.1) is 0 Å². The van der Waals surface area contributed by atoms with Gasteiger partial charge in [0.2, 0.25) is 0 Å². The van der Waals surface area contributed by atoms with E-state index in [-0.39, 0.29) is 11.7 Å². The minimum absolute atomic E-state index is 0.0392. The lowest BCUT2D eigenvalue weighted by Crippen LogP contribution is -2.27. The summed E-state index contributed by atoms with van der Waals surface area (Å²) in [5.74, 6) is 1.40. The fraction of sp³-hybridized carbons (Fsp3) is 0.263. The second-order valence-electron chi connectivity index (χ2n) is 5.99. The highest BCUT2D eigenvalue weighted by Gasteiger charge is 2.48. The predicted octanol–water partition coefficient (Wildman–Crippen LogP) is 3.87. The molecular weight excluding hydrogens is 258 g/mol. The van der Waals surface area contributed by atoms with E-state index in [1.807, 2.05) is 24.3 Å². The molecule has 2 heteroatoms. The van der Waals surface area contributed by atoms with Gasteiger partial charge in [-0.3, -0.25) is 9.78 Å². The third kappa shape index (κ3) is 2.02. The topological polar surface area (TPSA) is 30.0 Å². The summed E-state index contributed by atoms with van der Waals surface area (Å²) in [6.45, 7) is 0. The number of carbonyl (C=O) groups is 1. The van der Waals surface area contributed by atoms with E-state index in [1.165, 1.54) is 5.56 Å². The van der Waals surface area contributed by atoms with E-state index in [4.69, 9.17) is 0 Å². The first-order chi connectivity index (χ1) is 10.3. The van der Waals surface area contributed by atoms with Gasteiger partial charge in [0.15, 0.2) is 5.78 Å². The summed E-state index contributed by atoms with van der Waals surface area (Å²) in [7, 11) is 0. The highest BCUT2D eigenvalue weighted by Crippen LogP contribution is 2.53. The van der Waals surface area contributed by atoms with Gasteiger partial charge in [-0.25, -0.2) is 0 Å². The average molecular weight is 275 g/mol. The zero-order chi connectivity index (χ0) is 14.2. The summed E-state index contributed by atoms with van der Waals surface area (Å²) >= 11 is 0. The average Bonchev–Trinajstić information content (AvgIpc) is 3.17. The normalized spacial score (nSPS) is 29.7. The van der Waals surface area contributed by atoms with E-state index >= 15 is 0 Å². The van der Waals surface area contributed by atoms with E-state index in [2.05, 4.69) is 41.4 Å². The van der Waals surface area contributed by atoms with Crippen LogP contribution in [0, 0.1) is 17.8 Å². The molecule has 0 unspecified atom stereocenters. The molecule has 1 heterocycles.